The summed E-state index contributed by atoms with van der Waals surface area (Å²) in [7, 11) is 1.90. The number of aryl methyl sites for hydroxylation is 2. The summed E-state index contributed by atoms with van der Waals surface area (Å²) >= 11 is 0. The number of hydrogen-bond acceptors (Lipinski definition) is 2. The highest BCUT2D eigenvalue weighted by Crippen LogP contribution is 2.24. The molecule has 0 atom stereocenters. The van der Waals surface area contributed by atoms with Crippen LogP contribution in [0.3, 0.4) is 0 Å². The van der Waals surface area contributed by atoms with E-state index in [1.165, 1.54) is 0 Å². The largest absolute Gasteiger partial charge is 0.504 e. The minimum absolute atomic E-state index is 0.419. The molecular weight excluding hydrogens is 176 g/mol. The minimum atomic E-state index is 0.419. The van der Waals surface area contributed by atoms with E-state index in [9.17, 15) is 5.11 Å². The lowest BCUT2D eigenvalue weighted by molar-refractivity contribution is 0.458. The van der Waals surface area contributed by atoms with Gasteiger partial charge in [0, 0.05) is 7.05 Å². The second-order valence-corrected chi connectivity index (χ2v) is 3.72. The first-order chi connectivity index (χ1) is 6.70. The van der Waals surface area contributed by atoms with Gasteiger partial charge in [-0.3, -0.25) is 4.68 Å². The van der Waals surface area contributed by atoms with Crippen LogP contribution in [-0.4, -0.2) is 14.9 Å². The van der Waals surface area contributed by atoms with Gasteiger partial charge in [-0.2, -0.15) is 5.10 Å². The number of aromatic nitrogens is 2. The number of unbranched alkanes of at least 4 members (excludes halogenated alkanes) is 1. The maximum absolute atomic E-state index is 9.88. The fourth-order valence-electron chi connectivity index (χ4n) is 1.64. The van der Waals surface area contributed by atoms with Crippen molar-refractivity contribution in [3.05, 3.63) is 11.4 Å². The summed E-state index contributed by atoms with van der Waals surface area (Å²) in [5.74, 6) is 0.419. The quantitative estimate of drug-likeness (QED) is 0.785. The first-order valence-electron chi connectivity index (χ1n) is 5.44. The molecule has 0 unspecified atom stereocenters. The van der Waals surface area contributed by atoms with Crippen LogP contribution >= 0.6 is 0 Å². The molecule has 0 fully saturated rings. The Kier molecular flexibility index (Phi) is 3.98. The van der Waals surface area contributed by atoms with Crippen LogP contribution in [0.2, 0.25) is 0 Å². The molecule has 0 radical (unpaired) electrons. The fraction of sp³-hybridized carbons (Fsp3) is 0.727. The zero-order valence-electron chi connectivity index (χ0n) is 9.38. The molecule has 0 aliphatic heterocycles. The maximum Gasteiger partial charge on any atom is 0.160 e. The number of aromatic hydroxyl groups is 1. The summed E-state index contributed by atoms with van der Waals surface area (Å²) in [6, 6.07) is 0. The second kappa shape index (κ2) is 5.03. The molecule has 1 N–H and O–H groups in total. The minimum Gasteiger partial charge on any atom is -0.504 e. The molecule has 0 saturated heterocycles. The summed E-state index contributed by atoms with van der Waals surface area (Å²) in [5.41, 5.74) is 1.83. The van der Waals surface area contributed by atoms with Crippen molar-refractivity contribution in [1.29, 1.82) is 0 Å². The van der Waals surface area contributed by atoms with Gasteiger partial charge in [0.15, 0.2) is 5.75 Å². The molecule has 1 heterocycles. The molecule has 0 aliphatic rings. The highest BCUT2D eigenvalue weighted by molar-refractivity contribution is 5.32. The Morgan fingerprint density at radius 3 is 2.50 bits per heavy atom. The average molecular weight is 196 g/mol. The van der Waals surface area contributed by atoms with Gasteiger partial charge in [0.05, 0.1) is 5.69 Å². The lowest BCUT2D eigenvalue weighted by atomic mass is 10.1. The molecule has 0 aliphatic carbocycles. The van der Waals surface area contributed by atoms with Crippen molar-refractivity contribution < 1.29 is 5.11 Å². The zero-order valence-corrected chi connectivity index (χ0v) is 9.38. The van der Waals surface area contributed by atoms with Crippen LogP contribution in [0.5, 0.6) is 5.75 Å². The summed E-state index contributed by atoms with van der Waals surface area (Å²) < 4.78 is 1.81. The van der Waals surface area contributed by atoms with E-state index in [1.807, 2.05) is 11.7 Å². The molecular formula is C11H20N2O. The van der Waals surface area contributed by atoms with Gasteiger partial charge in [-0.1, -0.05) is 26.7 Å². The standard InChI is InChI=1S/C11H20N2O/c1-4-6-8-9-11(14)10(7-5-2)13(3)12-9/h14H,4-8H2,1-3H3. The smallest absolute Gasteiger partial charge is 0.160 e. The lowest BCUT2D eigenvalue weighted by Crippen LogP contribution is -1.97. The first kappa shape index (κ1) is 11.1. The average Bonchev–Trinajstić information content (AvgIpc) is 2.43. The van der Waals surface area contributed by atoms with Crippen molar-refractivity contribution in [1.82, 2.24) is 9.78 Å². The Bertz CT molecular complexity index is 292. The van der Waals surface area contributed by atoms with Crippen LogP contribution in [0.25, 0.3) is 0 Å². The Morgan fingerprint density at radius 2 is 1.93 bits per heavy atom. The topological polar surface area (TPSA) is 38.0 Å². The van der Waals surface area contributed by atoms with Gasteiger partial charge in [0.2, 0.25) is 0 Å². The van der Waals surface area contributed by atoms with E-state index in [-0.39, 0.29) is 0 Å². The van der Waals surface area contributed by atoms with E-state index in [1.54, 1.807) is 0 Å². The predicted octanol–water partition coefficient (Wildman–Crippen LogP) is 2.42. The van der Waals surface area contributed by atoms with Crippen LogP contribution in [0.4, 0.5) is 0 Å². The van der Waals surface area contributed by atoms with E-state index in [0.717, 1.165) is 43.5 Å². The van der Waals surface area contributed by atoms with Gasteiger partial charge in [0.1, 0.15) is 5.69 Å². The Hall–Kier alpha value is -0.990. The maximum atomic E-state index is 9.88. The number of rotatable bonds is 5. The van der Waals surface area contributed by atoms with E-state index < -0.39 is 0 Å². The van der Waals surface area contributed by atoms with Crippen molar-refractivity contribution in [3.63, 3.8) is 0 Å². The van der Waals surface area contributed by atoms with Gasteiger partial charge in [-0.15, -0.1) is 0 Å². The molecule has 1 aromatic heterocycles. The summed E-state index contributed by atoms with van der Waals surface area (Å²) in [6.07, 6.45) is 5.07. The van der Waals surface area contributed by atoms with Gasteiger partial charge in [-0.25, -0.2) is 0 Å². The number of nitrogens with zero attached hydrogens (tertiary/aromatic N) is 2. The van der Waals surface area contributed by atoms with Gasteiger partial charge >= 0.3 is 0 Å². The molecule has 3 nitrogen and oxygen atoms in total. The van der Waals surface area contributed by atoms with Crippen molar-refractivity contribution in [2.45, 2.75) is 46.0 Å². The summed E-state index contributed by atoms with van der Waals surface area (Å²) in [4.78, 5) is 0. The Labute approximate surface area is 85.8 Å². The predicted molar refractivity (Wildman–Crippen MR) is 57.5 cm³/mol. The monoisotopic (exact) mass is 196 g/mol. The van der Waals surface area contributed by atoms with Gasteiger partial charge in [0.25, 0.3) is 0 Å². The molecule has 14 heavy (non-hydrogen) atoms. The molecule has 0 amide bonds. The zero-order chi connectivity index (χ0) is 10.6. The molecule has 80 valence electrons. The lowest BCUT2D eigenvalue weighted by Gasteiger charge is -1.98. The van der Waals surface area contributed by atoms with Crippen LogP contribution in [-0.2, 0) is 19.9 Å². The Balaban J connectivity index is 2.81. The Morgan fingerprint density at radius 1 is 1.21 bits per heavy atom. The molecule has 0 spiro atoms. The van der Waals surface area contributed by atoms with Gasteiger partial charge < -0.3 is 5.11 Å². The van der Waals surface area contributed by atoms with E-state index in [0.29, 0.717) is 5.75 Å². The van der Waals surface area contributed by atoms with E-state index >= 15 is 0 Å². The summed E-state index contributed by atoms with van der Waals surface area (Å²) in [6.45, 7) is 4.26. The van der Waals surface area contributed by atoms with Crippen molar-refractivity contribution >= 4 is 0 Å². The second-order valence-electron chi connectivity index (χ2n) is 3.72. The van der Waals surface area contributed by atoms with Crippen LogP contribution in [0.15, 0.2) is 0 Å². The molecule has 1 rings (SSSR count). The molecule has 0 saturated carbocycles. The first-order valence-corrected chi connectivity index (χ1v) is 5.44. The van der Waals surface area contributed by atoms with E-state index in [2.05, 4.69) is 18.9 Å². The third-order valence-corrected chi connectivity index (χ3v) is 2.46. The van der Waals surface area contributed by atoms with Crippen molar-refractivity contribution in [2.24, 2.45) is 7.05 Å². The van der Waals surface area contributed by atoms with Crippen LogP contribution in [0.1, 0.15) is 44.5 Å². The van der Waals surface area contributed by atoms with Crippen LogP contribution < -0.4 is 0 Å². The van der Waals surface area contributed by atoms with Crippen molar-refractivity contribution in [3.8, 4) is 5.75 Å². The van der Waals surface area contributed by atoms with Crippen molar-refractivity contribution in [2.75, 3.05) is 0 Å². The van der Waals surface area contributed by atoms with Gasteiger partial charge in [-0.05, 0) is 19.3 Å². The fourth-order valence-corrected chi connectivity index (χ4v) is 1.64. The molecule has 0 bridgehead atoms. The normalized spacial score (nSPS) is 10.8. The highest BCUT2D eigenvalue weighted by atomic mass is 16.3. The highest BCUT2D eigenvalue weighted by Gasteiger charge is 2.13. The summed E-state index contributed by atoms with van der Waals surface area (Å²) in [5, 5.41) is 14.2. The molecule has 3 heteroatoms. The molecule has 0 aromatic carbocycles. The molecule has 1 aromatic rings. The van der Waals surface area contributed by atoms with E-state index in [4.69, 9.17) is 0 Å². The van der Waals surface area contributed by atoms with Crippen LogP contribution in [0, 0.1) is 0 Å². The third kappa shape index (κ3) is 2.28. The number of hydrogen-bond donors (Lipinski definition) is 1. The third-order valence-electron chi connectivity index (χ3n) is 2.46. The SMILES string of the molecule is CCCCc1nn(C)c(CCC)c1O.